The summed E-state index contributed by atoms with van der Waals surface area (Å²) in [5.41, 5.74) is 1.81. The van der Waals surface area contributed by atoms with Crippen molar-refractivity contribution in [2.45, 2.75) is 26.4 Å². The van der Waals surface area contributed by atoms with E-state index in [9.17, 15) is 4.79 Å². The van der Waals surface area contributed by atoms with Gasteiger partial charge in [-0.15, -0.1) is 0 Å². The van der Waals surface area contributed by atoms with Gasteiger partial charge in [-0.25, -0.2) is 0 Å². The first-order valence-electron chi connectivity index (χ1n) is 6.61. The minimum atomic E-state index is -0.0299. The Morgan fingerprint density at radius 2 is 2.16 bits per heavy atom. The van der Waals surface area contributed by atoms with Crippen LogP contribution in [0.2, 0.25) is 0 Å². The molecule has 1 aromatic carbocycles. The minimum absolute atomic E-state index is 0.0299. The number of benzene rings is 1. The van der Waals surface area contributed by atoms with Crippen LogP contribution in [-0.4, -0.2) is 31.0 Å². The molecule has 102 valence electrons. The molecule has 1 atom stereocenters. The third-order valence-corrected chi connectivity index (χ3v) is 2.92. The Labute approximate surface area is 113 Å². The highest BCUT2D eigenvalue weighted by atomic mass is 16.1. The number of nitrogens with one attached hydrogen (secondary N) is 3. The highest BCUT2D eigenvalue weighted by molar-refractivity contribution is 5.94. The third kappa shape index (κ3) is 3.71. The lowest BCUT2D eigenvalue weighted by Gasteiger charge is -2.09. The molecule has 0 spiro atoms. The number of hydrogen-bond acceptors (Lipinski definition) is 4. The van der Waals surface area contributed by atoms with Crippen LogP contribution in [0.5, 0.6) is 0 Å². The molecule has 0 fully saturated rings. The van der Waals surface area contributed by atoms with Crippen LogP contribution < -0.4 is 16.0 Å². The van der Waals surface area contributed by atoms with E-state index in [1.165, 1.54) is 0 Å². The lowest BCUT2D eigenvalue weighted by molar-refractivity contribution is 0.0956. The standard InChI is InChI=1S/C14H20N4O/c1-3-15-13(19)12-6-4-11(5-7-12)9-17-14-16-8-10(2)18-14/h4-7,10H,3,8-9H2,1-2H3,(H,15,19)(H2,16,17,18). The van der Waals surface area contributed by atoms with Crippen molar-refractivity contribution >= 4 is 11.9 Å². The molecule has 0 bridgehead atoms. The fourth-order valence-electron chi connectivity index (χ4n) is 1.88. The molecule has 0 aromatic heterocycles. The monoisotopic (exact) mass is 260 g/mol. The number of guanidine groups is 1. The van der Waals surface area contributed by atoms with Gasteiger partial charge in [-0.3, -0.25) is 9.79 Å². The SMILES string of the molecule is CCNC(=O)c1ccc(CNC2=NCC(C)N2)cc1. The average Bonchev–Trinajstić information content (AvgIpc) is 2.83. The van der Waals surface area contributed by atoms with Crippen LogP contribution >= 0.6 is 0 Å². The quantitative estimate of drug-likeness (QED) is 0.753. The maximum absolute atomic E-state index is 11.6. The van der Waals surface area contributed by atoms with E-state index in [-0.39, 0.29) is 5.91 Å². The number of nitrogens with zero attached hydrogens (tertiary/aromatic N) is 1. The topological polar surface area (TPSA) is 65.5 Å². The normalized spacial score (nSPS) is 17.6. The van der Waals surface area contributed by atoms with Crippen LogP contribution in [0.15, 0.2) is 29.3 Å². The number of carbonyl (C=O) groups excluding carboxylic acids is 1. The summed E-state index contributed by atoms with van der Waals surface area (Å²) in [6.45, 7) is 6.17. The lowest BCUT2D eigenvalue weighted by Crippen LogP contribution is -2.37. The highest BCUT2D eigenvalue weighted by Gasteiger charge is 2.11. The molecule has 3 N–H and O–H groups in total. The van der Waals surface area contributed by atoms with Crippen molar-refractivity contribution in [2.24, 2.45) is 4.99 Å². The molecule has 5 heteroatoms. The number of hydrogen-bond donors (Lipinski definition) is 3. The van der Waals surface area contributed by atoms with E-state index >= 15 is 0 Å². The Balaban J connectivity index is 1.87. The van der Waals surface area contributed by atoms with E-state index in [0.29, 0.717) is 24.7 Å². The maximum atomic E-state index is 11.6. The second-order valence-electron chi connectivity index (χ2n) is 4.64. The van der Waals surface area contributed by atoms with Gasteiger partial charge in [0, 0.05) is 24.7 Å². The summed E-state index contributed by atoms with van der Waals surface area (Å²) in [5.74, 6) is 0.818. The molecule has 5 nitrogen and oxygen atoms in total. The molecule has 1 aliphatic rings. The Morgan fingerprint density at radius 3 is 2.74 bits per heavy atom. The summed E-state index contributed by atoms with van der Waals surface area (Å²) >= 11 is 0. The van der Waals surface area contributed by atoms with Crippen molar-refractivity contribution in [1.29, 1.82) is 0 Å². The predicted octanol–water partition coefficient (Wildman–Crippen LogP) is 0.874. The smallest absolute Gasteiger partial charge is 0.251 e. The molecule has 1 unspecified atom stereocenters. The van der Waals surface area contributed by atoms with Gasteiger partial charge in [-0.1, -0.05) is 12.1 Å². The third-order valence-electron chi connectivity index (χ3n) is 2.92. The molecule has 0 aliphatic carbocycles. The molecule has 1 heterocycles. The average molecular weight is 260 g/mol. The zero-order chi connectivity index (χ0) is 13.7. The first kappa shape index (κ1) is 13.4. The van der Waals surface area contributed by atoms with Crippen LogP contribution in [0.1, 0.15) is 29.8 Å². The van der Waals surface area contributed by atoms with E-state index in [0.717, 1.165) is 18.1 Å². The maximum Gasteiger partial charge on any atom is 0.251 e. The zero-order valence-corrected chi connectivity index (χ0v) is 11.4. The van der Waals surface area contributed by atoms with Gasteiger partial charge >= 0.3 is 0 Å². The summed E-state index contributed by atoms with van der Waals surface area (Å²) in [7, 11) is 0. The number of carbonyl (C=O) groups is 1. The van der Waals surface area contributed by atoms with Crippen molar-refractivity contribution in [2.75, 3.05) is 13.1 Å². The first-order valence-corrected chi connectivity index (χ1v) is 6.61. The Kier molecular flexibility index (Phi) is 4.39. The first-order chi connectivity index (χ1) is 9.19. The van der Waals surface area contributed by atoms with Crippen molar-refractivity contribution < 1.29 is 4.79 Å². The second-order valence-corrected chi connectivity index (χ2v) is 4.64. The lowest BCUT2D eigenvalue weighted by atomic mass is 10.1. The predicted molar refractivity (Wildman–Crippen MR) is 76.2 cm³/mol. The molecule has 1 aromatic rings. The number of aliphatic imine (C=N–C) groups is 1. The van der Waals surface area contributed by atoms with Gasteiger partial charge < -0.3 is 16.0 Å². The summed E-state index contributed by atoms with van der Waals surface area (Å²) in [6, 6.07) is 8.00. The molecule has 1 amide bonds. The number of amides is 1. The van der Waals surface area contributed by atoms with Crippen molar-refractivity contribution in [3.63, 3.8) is 0 Å². The summed E-state index contributed by atoms with van der Waals surface area (Å²) < 4.78 is 0. The van der Waals surface area contributed by atoms with Crippen molar-refractivity contribution in [3.05, 3.63) is 35.4 Å². The molecule has 0 saturated heterocycles. The summed E-state index contributed by atoms with van der Waals surface area (Å²) in [6.07, 6.45) is 0. The summed E-state index contributed by atoms with van der Waals surface area (Å²) in [4.78, 5) is 15.9. The second kappa shape index (κ2) is 6.22. The van der Waals surface area contributed by atoms with Crippen LogP contribution in [0.3, 0.4) is 0 Å². The molecule has 0 radical (unpaired) electrons. The van der Waals surface area contributed by atoms with Crippen LogP contribution in [0.25, 0.3) is 0 Å². The molecule has 0 saturated carbocycles. The van der Waals surface area contributed by atoms with Crippen LogP contribution in [0.4, 0.5) is 0 Å². The van der Waals surface area contributed by atoms with E-state index < -0.39 is 0 Å². The van der Waals surface area contributed by atoms with Gasteiger partial charge in [0.15, 0.2) is 5.96 Å². The van der Waals surface area contributed by atoms with Gasteiger partial charge in [-0.05, 0) is 31.5 Å². The largest absolute Gasteiger partial charge is 0.352 e. The van der Waals surface area contributed by atoms with E-state index in [1.807, 2.05) is 31.2 Å². The fourth-order valence-corrected chi connectivity index (χ4v) is 1.88. The molecule has 19 heavy (non-hydrogen) atoms. The fraction of sp³-hybridized carbons (Fsp3) is 0.429. The van der Waals surface area contributed by atoms with Gasteiger partial charge in [0.25, 0.3) is 5.91 Å². The Hall–Kier alpha value is -2.04. The Morgan fingerprint density at radius 1 is 1.42 bits per heavy atom. The molecular weight excluding hydrogens is 240 g/mol. The van der Waals surface area contributed by atoms with Gasteiger partial charge in [0.2, 0.25) is 0 Å². The number of rotatable bonds is 4. The van der Waals surface area contributed by atoms with Crippen LogP contribution in [-0.2, 0) is 6.54 Å². The van der Waals surface area contributed by atoms with Crippen molar-refractivity contribution in [3.8, 4) is 0 Å². The van der Waals surface area contributed by atoms with Crippen molar-refractivity contribution in [1.82, 2.24) is 16.0 Å². The van der Waals surface area contributed by atoms with E-state index in [1.54, 1.807) is 0 Å². The Bertz CT molecular complexity index is 467. The van der Waals surface area contributed by atoms with Gasteiger partial charge in [0.1, 0.15) is 0 Å². The summed E-state index contributed by atoms with van der Waals surface area (Å²) in [5, 5.41) is 9.26. The highest BCUT2D eigenvalue weighted by Crippen LogP contribution is 2.04. The van der Waals surface area contributed by atoms with Gasteiger partial charge in [-0.2, -0.15) is 0 Å². The molecular formula is C14H20N4O. The minimum Gasteiger partial charge on any atom is -0.352 e. The molecule has 2 rings (SSSR count). The van der Waals surface area contributed by atoms with Crippen LogP contribution in [0, 0.1) is 0 Å². The van der Waals surface area contributed by atoms with Gasteiger partial charge in [0.05, 0.1) is 6.54 Å². The van der Waals surface area contributed by atoms with E-state index in [2.05, 4.69) is 27.9 Å². The molecule has 1 aliphatic heterocycles. The zero-order valence-electron chi connectivity index (χ0n) is 11.4. The van der Waals surface area contributed by atoms with E-state index in [4.69, 9.17) is 0 Å².